The van der Waals surface area contributed by atoms with E-state index >= 15 is 0 Å². The van der Waals surface area contributed by atoms with Crippen molar-refractivity contribution in [2.45, 2.75) is 38.2 Å². The maximum atomic E-state index is 11.4. The molecule has 0 radical (unpaired) electrons. The zero-order valence-electron chi connectivity index (χ0n) is 16.7. The lowest BCUT2D eigenvalue weighted by molar-refractivity contribution is -0.148. The van der Waals surface area contributed by atoms with E-state index in [9.17, 15) is 4.79 Å². The zero-order chi connectivity index (χ0) is 20.3. The summed E-state index contributed by atoms with van der Waals surface area (Å²) in [5.41, 5.74) is 3.45. The van der Waals surface area contributed by atoms with Crippen LogP contribution in [0.4, 0.5) is 5.69 Å². The maximum Gasteiger partial charge on any atom is 0.302 e. The number of ether oxygens (including phenoxy) is 2. The molecule has 1 heterocycles. The second-order valence-electron chi connectivity index (χ2n) is 7.37. The summed E-state index contributed by atoms with van der Waals surface area (Å²) in [5, 5.41) is 3.48. The Labute approximate surface area is 171 Å². The van der Waals surface area contributed by atoms with E-state index in [1.54, 1.807) is 0 Å². The van der Waals surface area contributed by atoms with Crippen molar-refractivity contribution in [1.29, 1.82) is 0 Å². The van der Waals surface area contributed by atoms with Crippen LogP contribution in [-0.4, -0.2) is 18.3 Å². The van der Waals surface area contributed by atoms with Crippen molar-refractivity contribution >= 4 is 11.7 Å². The molecule has 0 aliphatic carbocycles. The Balaban J connectivity index is 1.85. The van der Waals surface area contributed by atoms with Gasteiger partial charge in [-0.3, -0.25) is 4.79 Å². The van der Waals surface area contributed by atoms with Crippen molar-refractivity contribution in [3.63, 3.8) is 0 Å². The van der Waals surface area contributed by atoms with Gasteiger partial charge in [0.05, 0.1) is 0 Å². The number of rotatable bonds is 5. The lowest BCUT2D eigenvalue weighted by Crippen LogP contribution is -2.45. The number of hydrogen-bond donors (Lipinski definition) is 1. The van der Waals surface area contributed by atoms with Crippen LogP contribution in [0.2, 0.25) is 0 Å². The minimum Gasteiger partial charge on any atom is -0.463 e. The molecule has 148 valence electrons. The molecule has 4 nitrogen and oxygen atoms in total. The number of nitrogens with one attached hydrogen (secondary N) is 1. The molecule has 0 unspecified atom stereocenters. The van der Waals surface area contributed by atoms with Crippen LogP contribution in [0.15, 0.2) is 84.9 Å². The molecule has 29 heavy (non-hydrogen) atoms. The first-order chi connectivity index (χ1) is 14.1. The quantitative estimate of drug-likeness (QED) is 0.620. The SMILES string of the molecule is CC(=O)O[C@H](C)C[C@H]1Nc2ccccc2C(c2ccccc2)(c2ccccc2)O1. The predicted octanol–water partition coefficient (Wildman–Crippen LogP) is 5.09. The molecule has 4 heteroatoms. The topological polar surface area (TPSA) is 47.6 Å². The summed E-state index contributed by atoms with van der Waals surface area (Å²) < 4.78 is 12.2. The van der Waals surface area contributed by atoms with E-state index in [1.165, 1.54) is 6.92 Å². The van der Waals surface area contributed by atoms with Crippen molar-refractivity contribution in [3.05, 3.63) is 102 Å². The van der Waals surface area contributed by atoms with Gasteiger partial charge in [0, 0.05) is 24.6 Å². The van der Waals surface area contributed by atoms with Crippen molar-refractivity contribution in [2.24, 2.45) is 0 Å². The van der Waals surface area contributed by atoms with Crippen molar-refractivity contribution in [1.82, 2.24) is 0 Å². The van der Waals surface area contributed by atoms with Crippen molar-refractivity contribution in [2.75, 3.05) is 5.32 Å². The van der Waals surface area contributed by atoms with Gasteiger partial charge in [0.25, 0.3) is 0 Å². The highest BCUT2D eigenvalue weighted by atomic mass is 16.6. The Kier molecular flexibility index (Phi) is 5.36. The Hall–Kier alpha value is -3.11. The standard InChI is InChI=1S/C25H25NO3/c1-18(28-19(2)27)17-24-26-23-16-10-9-15-22(23)25(29-24,20-11-5-3-6-12-20)21-13-7-4-8-14-21/h3-16,18,24,26H,17H2,1-2H3/t18-,24+/m1/s1. The number of hydrogen-bond acceptors (Lipinski definition) is 4. The fourth-order valence-electron chi connectivity index (χ4n) is 4.10. The lowest BCUT2D eigenvalue weighted by atomic mass is 9.78. The smallest absolute Gasteiger partial charge is 0.302 e. The van der Waals surface area contributed by atoms with Gasteiger partial charge in [0.1, 0.15) is 17.9 Å². The first-order valence-electron chi connectivity index (χ1n) is 9.92. The lowest BCUT2D eigenvalue weighted by Gasteiger charge is -2.44. The van der Waals surface area contributed by atoms with Gasteiger partial charge in [-0.1, -0.05) is 78.9 Å². The number of esters is 1. The molecule has 1 aliphatic rings. The summed E-state index contributed by atoms with van der Waals surface area (Å²) in [7, 11) is 0. The van der Waals surface area contributed by atoms with E-state index in [2.05, 4.69) is 41.7 Å². The highest BCUT2D eigenvalue weighted by Gasteiger charge is 2.44. The average Bonchev–Trinajstić information content (AvgIpc) is 2.73. The summed E-state index contributed by atoms with van der Waals surface area (Å²) >= 11 is 0. The van der Waals surface area contributed by atoms with Crippen LogP contribution in [0.25, 0.3) is 0 Å². The van der Waals surface area contributed by atoms with Crippen LogP contribution >= 0.6 is 0 Å². The minimum atomic E-state index is -0.759. The predicted molar refractivity (Wildman–Crippen MR) is 114 cm³/mol. The van der Waals surface area contributed by atoms with Gasteiger partial charge >= 0.3 is 5.97 Å². The largest absolute Gasteiger partial charge is 0.463 e. The number of para-hydroxylation sites is 1. The molecule has 2 atom stereocenters. The summed E-state index contributed by atoms with van der Waals surface area (Å²) in [6.07, 6.45) is -0.0471. The first-order valence-corrected chi connectivity index (χ1v) is 9.92. The van der Waals surface area contributed by atoms with Gasteiger partial charge in [-0.25, -0.2) is 0 Å². The Morgan fingerprint density at radius 1 is 0.966 bits per heavy atom. The molecule has 1 aliphatic heterocycles. The highest BCUT2D eigenvalue weighted by molar-refractivity contribution is 5.66. The van der Waals surface area contributed by atoms with E-state index in [0.29, 0.717) is 6.42 Å². The van der Waals surface area contributed by atoms with Crippen molar-refractivity contribution < 1.29 is 14.3 Å². The third kappa shape index (κ3) is 3.76. The number of anilines is 1. The minimum absolute atomic E-state index is 0.264. The molecule has 0 spiro atoms. The molecular formula is C25H25NO3. The summed E-state index contributed by atoms with van der Waals surface area (Å²) in [6, 6.07) is 28.8. The molecule has 3 aromatic carbocycles. The maximum absolute atomic E-state index is 11.4. The van der Waals surface area contributed by atoms with E-state index in [4.69, 9.17) is 9.47 Å². The van der Waals surface area contributed by atoms with Crippen LogP contribution in [0.1, 0.15) is 37.0 Å². The van der Waals surface area contributed by atoms with Gasteiger partial charge in [-0.2, -0.15) is 0 Å². The van der Waals surface area contributed by atoms with Crippen LogP contribution in [0.5, 0.6) is 0 Å². The van der Waals surface area contributed by atoms with Gasteiger partial charge < -0.3 is 14.8 Å². The van der Waals surface area contributed by atoms with Gasteiger partial charge in [-0.05, 0) is 24.1 Å². The summed E-state index contributed by atoms with van der Waals surface area (Å²) in [4.78, 5) is 11.4. The molecule has 0 amide bonds. The van der Waals surface area contributed by atoms with E-state index < -0.39 is 5.60 Å². The average molecular weight is 387 g/mol. The zero-order valence-corrected chi connectivity index (χ0v) is 16.7. The third-order valence-electron chi connectivity index (χ3n) is 5.22. The third-order valence-corrected chi connectivity index (χ3v) is 5.22. The summed E-state index contributed by atoms with van der Waals surface area (Å²) in [6.45, 7) is 3.32. The molecule has 0 saturated carbocycles. The van der Waals surface area contributed by atoms with Crippen LogP contribution in [0, 0.1) is 0 Å². The molecule has 0 saturated heterocycles. The molecule has 0 aromatic heterocycles. The Morgan fingerprint density at radius 2 is 1.52 bits per heavy atom. The number of fused-ring (bicyclic) bond motifs is 1. The fraction of sp³-hybridized carbons (Fsp3) is 0.240. The van der Waals surface area contributed by atoms with E-state index in [1.807, 2.05) is 55.5 Å². The summed E-state index contributed by atoms with van der Waals surface area (Å²) in [5.74, 6) is -0.286. The highest BCUT2D eigenvalue weighted by Crippen LogP contribution is 2.47. The molecule has 3 aromatic rings. The van der Waals surface area contributed by atoms with Crippen molar-refractivity contribution in [3.8, 4) is 0 Å². The van der Waals surface area contributed by atoms with E-state index in [-0.39, 0.29) is 18.3 Å². The molecule has 4 rings (SSSR count). The van der Waals surface area contributed by atoms with Gasteiger partial charge in [-0.15, -0.1) is 0 Å². The second-order valence-corrected chi connectivity index (χ2v) is 7.37. The van der Waals surface area contributed by atoms with Gasteiger partial charge in [0.2, 0.25) is 0 Å². The number of carbonyl (C=O) groups is 1. The molecular weight excluding hydrogens is 362 g/mol. The van der Waals surface area contributed by atoms with Crippen LogP contribution in [-0.2, 0) is 19.9 Å². The number of carbonyl (C=O) groups excluding carboxylic acids is 1. The fourth-order valence-corrected chi connectivity index (χ4v) is 4.10. The van der Waals surface area contributed by atoms with Crippen LogP contribution in [0.3, 0.4) is 0 Å². The van der Waals surface area contributed by atoms with Gasteiger partial charge in [0.15, 0.2) is 0 Å². The molecule has 1 N–H and O–H groups in total. The molecule has 0 fully saturated rings. The van der Waals surface area contributed by atoms with Crippen LogP contribution < -0.4 is 5.32 Å². The molecule has 0 bridgehead atoms. The number of benzene rings is 3. The normalized spacial score (nSPS) is 18.2. The second kappa shape index (κ2) is 8.10. The monoisotopic (exact) mass is 387 g/mol. The first kappa shape index (κ1) is 19.2. The van der Waals surface area contributed by atoms with E-state index in [0.717, 1.165) is 22.4 Å². The Morgan fingerprint density at radius 3 is 2.10 bits per heavy atom. The Bertz CT molecular complexity index is 932.